The number of hydrogen-bond acceptors (Lipinski definition) is 6. The van der Waals surface area contributed by atoms with Crippen molar-refractivity contribution >= 4 is 11.8 Å². The molecule has 2 N–H and O–H groups in total. The van der Waals surface area contributed by atoms with Crippen molar-refractivity contribution < 1.29 is 18.8 Å². The zero-order valence-corrected chi connectivity index (χ0v) is 16.4. The standard InChI is InChI=1S/C19H27N5O4/c1-13-17(14(2)28-23-13)3-4-18(25)24-7-8-27-11-15(10-24)19(26)21-6-5-16-9-20-12-22-16/h9,12,15H,3-8,10-11H2,1-2H3,(H,20,22)(H,21,26). The van der Waals surface area contributed by atoms with Gasteiger partial charge in [0.15, 0.2) is 0 Å². The van der Waals surface area contributed by atoms with Crippen LogP contribution in [0.15, 0.2) is 17.0 Å². The van der Waals surface area contributed by atoms with E-state index in [2.05, 4.69) is 20.4 Å². The fourth-order valence-electron chi connectivity index (χ4n) is 3.33. The second kappa shape index (κ2) is 9.50. The number of ether oxygens (including phenoxy) is 1. The van der Waals surface area contributed by atoms with Gasteiger partial charge in [0.25, 0.3) is 0 Å². The van der Waals surface area contributed by atoms with Crippen LogP contribution in [0.1, 0.15) is 29.1 Å². The molecule has 2 aromatic rings. The first kappa shape index (κ1) is 20.1. The molecule has 1 aliphatic rings. The maximum Gasteiger partial charge on any atom is 0.227 e. The fourth-order valence-corrected chi connectivity index (χ4v) is 3.33. The van der Waals surface area contributed by atoms with Crippen LogP contribution in [0.25, 0.3) is 0 Å². The van der Waals surface area contributed by atoms with E-state index in [0.717, 1.165) is 22.7 Å². The number of nitrogens with one attached hydrogen (secondary N) is 2. The minimum atomic E-state index is -0.368. The van der Waals surface area contributed by atoms with Crippen molar-refractivity contribution in [1.82, 2.24) is 25.3 Å². The highest BCUT2D eigenvalue weighted by atomic mass is 16.5. The van der Waals surface area contributed by atoms with Crippen molar-refractivity contribution in [2.45, 2.75) is 33.1 Å². The number of H-pyrrole nitrogens is 1. The molecular weight excluding hydrogens is 362 g/mol. The van der Waals surface area contributed by atoms with Crippen LogP contribution in [-0.4, -0.2) is 64.7 Å². The Labute approximate surface area is 163 Å². The Balaban J connectivity index is 1.49. The number of nitrogens with zero attached hydrogens (tertiary/aromatic N) is 3. The number of rotatable bonds is 7. The Bertz CT molecular complexity index is 767. The van der Waals surface area contributed by atoms with E-state index in [1.165, 1.54) is 0 Å². The Hall–Kier alpha value is -2.68. The van der Waals surface area contributed by atoms with Crippen LogP contribution >= 0.6 is 0 Å². The molecule has 9 heteroatoms. The molecule has 0 aromatic carbocycles. The van der Waals surface area contributed by atoms with Gasteiger partial charge in [0.05, 0.1) is 31.2 Å². The molecule has 1 saturated heterocycles. The number of carbonyl (C=O) groups is 2. The molecule has 0 bridgehead atoms. The molecular formula is C19H27N5O4. The molecule has 1 fully saturated rings. The van der Waals surface area contributed by atoms with Crippen LogP contribution < -0.4 is 5.32 Å². The molecule has 1 unspecified atom stereocenters. The quantitative estimate of drug-likeness (QED) is 0.724. The van der Waals surface area contributed by atoms with Crippen LogP contribution in [0.4, 0.5) is 0 Å². The van der Waals surface area contributed by atoms with Gasteiger partial charge in [0.2, 0.25) is 11.8 Å². The zero-order valence-electron chi connectivity index (χ0n) is 16.4. The Kier molecular flexibility index (Phi) is 6.80. The Morgan fingerprint density at radius 3 is 2.93 bits per heavy atom. The third kappa shape index (κ3) is 5.19. The average Bonchev–Trinajstić information content (AvgIpc) is 3.22. The van der Waals surface area contributed by atoms with Crippen molar-refractivity contribution in [2.75, 3.05) is 32.8 Å². The number of amides is 2. The van der Waals surface area contributed by atoms with Crippen molar-refractivity contribution in [3.8, 4) is 0 Å². The lowest BCUT2D eigenvalue weighted by Gasteiger charge is -2.23. The van der Waals surface area contributed by atoms with Crippen molar-refractivity contribution in [1.29, 1.82) is 0 Å². The molecule has 0 saturated carbocycles. The van der Waals surface area contributed by atoms with Gasteiger partial charge in [0.1, 0.15) is 5.76 Å². The summed E-state index contributed by atoms with van der Waals surface area (Å²) in [6.07, 6.45) is 4.97. The summed E-state index contributed by atoms with van der Waals surface area (Å²) in [4.78, 5) is 33.9. The zero-order chi connectivity index (χ0) is 19.9. The smallest absolute Gasteiger partial charge is 0.227 e. The molecule has 2 aromatic heterocycles. The van der Waals surface area contributed by atoms with Gasteiger partial charge in [-0.25, -0.2) is 4.98 Å². The third-order valence-corrected chi connectivity index (χ3v) is 5.01. The number of imidazole rings is 1. The molecule has 1 atom stereocenters. The fraction of sp³-hybridized carbons (Fsp3) is 0.579. The molecule has 0 radical (unpaired) electrons. The predicted octanol–water partition coefficient (Wildman–Crippen LogP) is 0.781. The van der Waals surface area contributed by atoms with Crippen LogP contribution in [0.3, 0.4) is 0 Å². The minimum absolute atomic E-state index is 0.0146. The highest BCUT2D eigenvalue weighted by molar-refractivity contribution is 5.81. The molecule has 152 valence electrons. The molecule has 28 heavy (non-hydrogen) atoms. The van der Waals surface area contributed by atoms with E-state index < -0.39 is 0 Å². The SMILES string of the molecule is Cc1noc(C)c1CCC(=O)N1CCOCC(C(=O)NCCc2cnc[nH]2)C1. The van der Waals surface area contributed by atoms with Crippen molar-refractivity contribution in [3.05, 3.63) is 35.2 Å². The van der Waals surface area contributed by atoms with Gasteiger partial charge in [0, 0.05) is 49.9 Å². The highest BCUT2D eigenvalue weighted by Gasteiger charge is 2.27. The summed E-state index contributed by atoms with van der Waals surface area (Å²) in [5.74, 6) is 0.303. The van der Waals surface area contributed by atoms with Crippen LogP contribution in [-0.2, 0) is 27.2 Å². The number of aromatic nitrogens is 3. The Morgan fingerprint density at radius 1 is 1.36 bits per heavy atom. The van der Waals surface area contributed by atoms with Gasteiger partial charge in [-0.1, -0.05) is 5.16 Å². The normalized spacial score (nSPS) is 17.4. The summed E-state index contributed by atoms with van der Waals surface area (Å²) in [7, 11) is 0. The number of aryl methyl sites for hydroxylation is 2. The summed E-state index contributed by atoms with van der Waals surface area (Å²) in [6.45, 7) is 5.87. The molecule has 1 aliphatic heterocycles. The molecule has 0 spiro atoms. The summed E-state index contributed by atoms with van der Waals surface area (Å²) in [5, 5.41) is 6.85. The van der Waals surface area contributed by atoms with E-state index in [0.29, 0.717) is 52.1 Å². The molecule has 3 rings (SSSR count). The van der Waals surface area contributed by atoms with Crippen LogP contribution in [0.5, 0.6) is 0 Å². The monoisotopic (exact) mass is 389 g/mol. The molecule has 2 amide bonds. The Morgan fingerprint density at radius 2 is 2.21 bits per heavy atom. The largest absolute Gasteiger partial charge is 0.379 e. The maximum absolute atomic E-state index is 12.7. The summed E-state index contributed by atoms with van der Waals surface area (Å²) >= 11 is 0. The van der Waals surface area contributed by atoms with Crippen LogP contribution in [0, 0.1) is 19.8 Å². The second-order valence-electron chi connectivity index (χ2n) is 7.03. The van der Waals surface area contributed by atoms with Crippen molar-refractivity contribution in [3.63, 3.8) is 0 Å². The van der Waals surface area contributed by atoms with E-state index in [1.807, 2.05) is 13.8 Å². The first-order chi connectivity index (χ1) is 13.5. The summed E-state index contributed by atoms with van der Waals surface area (Å²) < 4.78 is 10.7. The van der Waals surface area contributed by atoms with Gasteiger partial charge >= 0.3 is 0 Å². The van der Waals surface area contributed by atoms with E-state index in [4.69, 9.17) is 9.26 Å². The number of hydrogen-bond donors (Lipinski definition) is 2. The topological polar surface area (TPSA) is 113 Å². The van der Waals surface area contributed by atoms with Crippen molar-refractivity contribution in [2.24, 2.45) is 5.92 Å². The van der Waals surface area contributed by atoms with Gasteiger partial charge in [-0.2, -0.15) is 0 Å². The van der Waals surface area contributed by atoms with Gasteiger partial charge in [-0.3, -0.25) is 9.59 Å². The molecule has 3 heterocycles. The predicted molar refractivity (Wildman–Crippen MR) is 100 cm³/mol. The van der Waals surface area contributed by atoms with E-state index in [9.17, 15) is 9.59 Å². The lowest BCUT2D eigenvalue weighted by molar-refractivity contribution is -0.132. The van der Waals surface area contributed by atoms with Gasteiger partial charge in [-0.15, -0.1) is 0 Å². The number of aromatic amines is 1. The van der Waals surface area contributed by atoms with E-state index >= 15 is 0 Å². The van der Waals surface area contributed by atoms with Crippen LogP contribution in [0.2, 0.25) is 0 Å². The molecule has 9 nitrogen and oxygen atoms in total. The lowest BCUT2D eigenvalue weighted by Crippen LogP contribution is -2.42. The highest BCUT2D eigenvalue weighted by Crippen LogP contribution is 2.16. The van der Waals surface area contributed by atoms with E-state index in [1.54, 1.807) is 17.4 Å². The molecule has 0 aliphatic carbocycles. The van der Waals surface area contributed by atoms with Gasteiger partial charge < -0.3 is 24.5 Å². The summed E-state index contributed by atoms with van der Waals surface area (Å²) in [5.41, 5.74) is 2.76. The average molecular weight is 389 g/mol. The lowest BCUT2D eigenvalue weighted by atomic mass is 10.1. The first-order valence-corrected chi connectivity index (χ1v) is 9.57. The second-order valence-corrected chi connectivity index (χ2v) is 7.03. The first-order valence-electron chi connectivity index (χ1n) is 9.57. The third-order valence-electron chi connectivity index (χ3n) is 5.01. The number of carbonyl (C=O) groups excluding carboxylic acids is 2. The van der Waals surface area contributed by atoms with Gasteiger partial charge in [-0.05, 0) is 20.3 Å². The maximum atomic E-state index is 12.7. The van der Waals surface area contributed by atoms with E-state index in [-0.39, 0.29) is 17.7 Å². The minimum Gasteiger partial charge on any atom is -0.379 e. The summed E-state index contributed by atoms with van der Waals surface area (Å²) in [6, 6.07) is 0.